The maximum absolute atomic E-state index is 8.70. The number of aliphatic hydroxyl groups excluding tert-OH is 1. The van der Waals surface area contributed by atoms with E-state index in [4.69, 9.17) is 10.2 Å². The van der Waals surface area contributed by atoms with Gasteiger partial charge in [0.25, 0.3) is 0 Å². The molecule has 0 heterocycles. The summed E-state index contributed by atoms with van der Waals surface area (Å²) in [5, 5.41) is 17.4. The molecule has 0 rings (SSSR count). The van der Waals surface area contributed by atoms with E-state index in [1.165, 1.54) is 44.9 Å². The van der Waals surface area contributed by atoms with Gasteiger partial charge in [0, 0.05) is 0 Å². The molecule has 22 heavy (non-hydrogen) atoms. The number of hydrogen-bond acceptors (Lipinski definition) is 2. The highest BCUT2D eigenvalue weighted by Crippen LogP contribution is 2.05. The van der Waals surface area contributed by atoms with E-state index in [1.54, 1.807) is 0 Å². The summed E-state index contributed by atoms with van der Waals surface area (Å²) in [5.41, 5.74) is 0. The predicted molar refractivity (Wildman–Crippen MR) is 96.7 cm³/mol. The molecule has 128 valence electrons. The molecule has 2 heteroatoms. The van der Waals surface area contributed by atoms with Crippen LogP contribution in [0.5, 0.6) is 0 Å². The zero-order valence-electron chi connectivity index (χ0n) is 14.4. The first kappa shape index (κ1) is 21.1. The minimum atomic E-state index is -1.14. The van der Waals surface area contributed by atoms with Gasteiger partial charge in [-0.25, -0.2) is 0 Å². The molecule has 0 atom stereocenters. The van der Waals surface area contributed by atoms with Crippen LogP contribution in [-0.2, 0) is 0 Å². The van der Waals surface area contributed by atoms with E-state index in [2.05, 4.69) is 43.4 Å². The average molecular weight is 309 g/mol. The summed E-state index contributed by atoms with van der Waals surface area (Å²) >= 11 is 0. The predicted octanol–water partition coefficient (Wildman–Crippen LogP) is 5.67. The molecule has 0 spiro atoms. The van der Waals surface area contributed by atoms with Gasteiger partial charge >= 0.3 is 0 Å². The SMILES string of the molecule is CCCCCC=CCCCC=CCC=CCCCCC(O)O. The summed E-state index contributed by atoms with van der Waals surface area (Å²) in [6.45, 7) is 2.24. The smallest absolute Gasteiger partial charge is 0.151 e. The standard InChI is InChI=1S/C20H36O2/c1-2-3-4-5-6-7-8-9-10-11-12-13-14-15-16-17-18-19-20(21)22/h6-7,11-12,14-15,20-22H,2-5,8-10,13,16-19H2,1H3. The Kier molecular flexibility index (Phi) is 17.5. The molecular weight excluding hydrogens is 272 g/mol. The first-order chi connectivity index (χ1) is 10.8. The molecule has 0 saturated heterocycles. The van der Waals surface area contributed by atoms with Crippen molar-refractivity contribution in [3.8, 4) is 0 Å². The van der Waals surface area contributed by atoms with Gasteiger partial charge in [-0.15, -0.1) is 0 Å². The molecule has 0 amide bonds. The molecule has 0 bridgehead atoms. The van der Waals surface area contributed by atoms with Crippen LogP contribution < -0.4 is 0 Å². The van der Waals surface area contributed by atoms with E-state index in [1.807, 2.05) is 0 Å². The van der Waals surface area contributed by atoms with Crippen molar-refractivity contribution in [2.75, 3.05) is 0 Å². The van der Waals surface area contributed by atoms with Crippen LogP contribution >= 0.6 is 0 Å². The Morgan fingerprint density at radius 2 is 1.14 bits per heavy atom. The summed E-state index contributed by atoms with van der Waals surface area (Å²) < 4.78 is 0. The molecule has 0 aliphatic rings. The highest BCUT2D eigenvalue weighted by Gasteiger charge is 1.94. The molecule has 2 N–H and O–H groups in total. The second-order valence-corrected chi connectivity index (χ2v) is 5.84. The highest BCUT2D eigenvalue weighted by molar-refractivity contribution is 4.93. The monoisotopic (exact) mass is 308 g/mol. The lowest BCUT2D eigenvalue weighted by Crippen LogP contribution is -2.02. The summed E-state index contributed by atoms with van der Waals surface area (Å²) in [4.78, 5) is 0. The fraction of sp³-hybridized carbons (Fsp3) is 0.700. The van der Waals surface area contributed by atoms with Gasteiger partial charge in [-0.2, -0.15) is 0 Å². The van der Waals surface area contributed by atoms with Crippen LogP contribution in [0.25, 0.3) is 0 Å². The molecule has 0 aromatic rings. The minimum absolute atomic E-state index is 0.487. The van der Waals surface area contributed by atoms with Crippen molar-refractivity contribution in [3.05, 3.63) is 36.5 Å². The van der Waals surface area contributed by atoms with Crippen molar-refractivity contribution in [3.63, 3.8) is 0 Å². The van der Waals surface area contributed by atoms with E-state index in [9.17, 15) is 0 Å². The lowest BCUT2D eigenvalue weighted by Gasteiger charge is -2.00. The minimum Gasteiger partial charge on any atom is -0.368 e. The third kappa shape index (κ3) is 19.1. The fourth-order valence-corrected chi connectivity index (χ4v) is 2.20. The molecule has 0 unspecified atom stereocenters. The van der Waals surface area contributed by atoms with E-state index in [0.29, 0.717) is 6.42 Å². The Bertz CT molecular complexity index is 290. The van der Waals surface area contributed by atoms with Crippen LogP contribution in [0.3, 0.4) is 0 Å². The zero-order chi connectivity index (χ0) is 16.3. The van der Waals surface area contributed by atoms with Crippen LogP contribution in [0.15, 0.2) is 36.5 Å². The molecule has 0 aromatic carbocycles. The zero-order valence-corrected chi connectivity index (χ0v) is 14.4. The van der Waals surface area contributed by atoms with Crippen molar-refractivity contribution >= 4 is 0 Å². The molecule has 0 aliphatic heterocycles. The molecule has 0 aromatic heterocycles. The van der Waals surface area contributed by atoms with Gasteiger partial charge in [-0.05, 0) is 64.2 Å². The summed E-state index contributed by atoms with van der Waals surface area (Å²) in [5.74, 6) is 0. The van der Waals surface area contributed by atoms with Crippen LogP contribution in [0.1, 0.15) is 84.0 Å². The summed E-state index contributed by atoms with van der Waals surface area (Å²) in [6.07, 6.45) is 25.7. The molecular formula is C20H36O2. The fourth-order valence-electron chi connectivity index (χ4n) is 2.20. The van der Waals surface area contributed by atoms with Gasteiger partial charge < -0.3 is 10.2 Å². The van der Waals surface area contributed by atoms with Gasteiger partial charge in [-0.1, -0.05) is 56.2 Å². The molecule has 0 aliphatic carbocycles. The number of allylic oxidation sites excluding steroid dienone is 6. The lowest BCUT2D eigenvalue weighted by atomic mass is 10.1. The third-order valence-electron chi connectivity index (χ3n) is 3.57. The van der Waals surface area contributed by atoms with Gasteiger partial charge in [0.2, 0.25) is 0 Å². The second kappa shape index (κ2) is 18.2. The van der Waals surface area contributed by atoms with E-state index in [0.717, 1.165) is 25.7 Å². The summed E-state index contributed by atoms with van der Waals surface area (Å²) in [6, 6.07) is 0. The number of rotatable bonds is 15. The van der Waals surface area contributed by atoms with Gasteiger partial charge in [-0.3, -0.25) is 0 Å². The Labute approximate surface area is 137 Å². The van der Waals surface area contributed by atoms with E-state index in [-0.39, 0.29) is 0 Å². The highest BCUT2D eigenvalue weighted by atomic mass is 16.5. The van der Waals surface area contributed by atoms with Crippen molar-refractivity contribution in [1.82, 2.24) is 0 Å². The van der Waals surface area contributed by atoms with E-state index >= 15 is 0 Å². The molecule has 0 radical (unpaired) electrons. The Hall–Kier alpha value is -0.860. The van der Waals surface area contributed by atoms with Crippen molar-refractivity contribution in [1.29, 1.82) is 0 Å². The third-order valence-corrected chi connectivity index (χ3v) is 3.57. The number of aliphatic hydroxyl groups is 2. The second-order valence-electron chi connectivity index (χ2n) is 5.84. The van der Waals surface area contributed by atoms with Crippen LogP contribution in [0, 0.1) is 0 Å². The largest absolute Gasteiger partial charge is 0.368 e. The molecule has 0 fully saturated rings. The summed E-state index contributed by atoms with van der Waals surface area (Å²) in [7, 11) is 0. The van der Waals surface area contributed by atoms with Crippen molar-refractivity contribution in [2.45, 2.75) is 90.3 Å². The van der Waals surface area contributed by atoms with Crippen molar-refractivity contribution in [2.24, 2.45) is 0 Å². The quantitative estimate of drug-likeness (QED) is 0.232. The van der Waals surface area contributed by atoms with Crippen LogP contribution in [0.4, 0.5) is 0 Å². The molecule has 0 saturated carbocycles. The Balaban J connectivity index is 3.26. The number of hydrogen-bond donors (Lipinski definition) is 2. The van der Waals surface area contributed by atoms with E-state index < -0.39 is 6.29 Å². The van der Waals surface area contributed by atoms with Crippen LogP contribution in [0.2, 0.25) is 0 Å². The first-order valence-electron chi connectivity index (χ1n) is 9.08. The van der Waals surface area contributed by atoms with Gasteiger partial charge in [0.1, 0.15) is 0 Å². The van der Waals surface area contributed by atoms with Gasteiger partial charge in [0.05, 0.1) is 0 Å². The lowest BCUT2D eigenvalue weighted by molar-refractivity contribution is -0.0464. The average Bonchev–Trinajstić information content (AvgIpc) is 2.50. The molecule has 2 nitrogen and oxygen atoms in total. The van der Waals surface area contributed by atoms with Crippen molar-refractivity contribution < 1.29 is 10.2 Å². The Morgan fingerprint density at radius 3 is 1.68 bits per heavy atom. The maximum atomic E-state index is 8.70. The Morgan fingerprint density at radius 1 is 0.636 bits per heavy atom. The first-order valence-corrected chi connectivity index (χ1v) is 9.08. The topological polar surface area (TPSA) is 40.5 Å². The van der Waals surface area contributed by atoms with Gasteiger partial charge in [0.15, 0.2) is 6.29 Å². The normalized spacial score (nSPS) is 12.5. The number of unbranched alkanes of at least 4 members (excludes halogenated alkanes) is 7. The maximum Gasteiger partial charge on any atom is 0.151 e. The van der Waals surface area contributed by atoms with Crippen LogP contribution in [-0.4, -0.2) is 16.5 Å².